The Morgan fingerprint density at radius 3 is 2.63 bits per heavy atom. The first-order valence-electron chi connectivity index (χ1n) is 9.92. The third kappa shape index (κ3) is 6.61. The average molecular weight is 425 g/mol. The normalized spacial score (nSPS) is 11.9. The van der Waals surface area contributed by atoms with Crippen LogP contribution in [0, 0.1) is 0 Å². The van der Waals surface area contributed by atoms with Crippen molar-refractivity contribution in [3.8, 4) is 11.5 Å². The number of ether oxygens (including phenoxy) is 2. The number of thiophene rings is 1. The Morgan fingerprint density at radius 1 is 1.07 bits per heavy atom. The molecule has 0 spiro atoms. The molecule has 5 nitrogen and oxygen atoms in total. The number of hydrogen-bond donors (Lipinski definition) is 1. The largest absolute Gasteiger partial charge is 0.497 e. The minimum atomic E-state index is -0.154. The highest BCUT2D eigenvalue weighted by molar-refractivity contribution is 7.09. The van der Waals surface area contributed by atoms with Gasteiger partial charge in [0.15, 0.2) is 0 Å². The van der Waals surface area contributed by atoms with E-state index in [1.54, 1.807) is 36.6 Å². The number of carbonyl (C=O) groups is 1. The van der Waals surface area contributed by atoms with Gasteiger partial charge in [-0.15, -0.1) is 11.3 Å². The molecule has 6 heteroatoms. The highest BCUT2D eigenvalue weighted by atomic mass is 32.1. The summed E-state index contributed by atoms with van der Waals surface area (Å²) in [5.41, 5.74) is 1.76. The molecule has 0 bridgehead atoms. The molecule has 3 aromatic rings. The van der Waals surface area contributed by atoms with E-state index in [0.717, 1.165) is 18.8 Å². The summed E-state index contributed by atoms with van der Waals surface area (Å²) in [6.45, 7) is 4.13. The van der Waals surface area contributed by atoms with Crippen LogP contribution in [0.2, 0.25) is 0 Å². The van der Waals surface area contributed by atoms with E-state index in [9.17, 15) is 4.79 Å². The highest BCUT2D eigenvalue weighted by Crippen LogP contribution is 2.18. The van der Waals surface area contributed by atoms with Crippen molar-refractivity contribution in [3.05, 3.63) is 82.0 Å². The van der Waals surface area contributed by atoms with Gasteiger partial charge in [-0.1, -0.05) is 24.3 Å². The van der Waals surface area contributed by atoms with Crippen LogP contribution in [0.15, 0.2) is 66.0 Å². The number of rotatable bonds is 10. The van der Waals surface area contributed by atoms with Gasteiger partial charge in [0.05, 0.1) is 13.7 Å². The molecule has 0 aliphatic carbocycles. The van der Waals surface area contributed by atoms with Crippen LogP contribution >= 0.6 is 11.3 Å². The predicted octanol–water partition coefficient (Wildman–Crippen LogP) is 4.59. The Hall–Kier alpha value is -2.83. The Kier molecular flexibility index (Phi) is 7.88. The van der Waals surface area contributed by atoms with Crippen LogP contribution in [0.25, 0.3) is 0 Å². The van der Waals surface area contributed by atoms with Crippen molar-refractivity contribution < 1.29 is 14.3 Å². The zero-order valence-corrected chi connectivity index (χ0v) is 18.4. The van der Waals surface area contributed by atoms with E-state index in [2.05, 4.69) is 46.9 Å². The van der Waals surface area contributed by atoms with Crippen LogP contribution in [-0.2, 0) is 13.1 Å². The van der Waals surface area contributed by atoms with Crippen LogP contribution in [0.5, 0.6) is 11.5 Å². The summed E-state index contributed by atoms with van der Waals surface area (Å²) in [6, 6.07) is 19.4. The fourth-order valence-electron chi connectivity index (χ4n) is 3.13. The number of amides is 1. The van der Waals surface area contributed by atoms with Gasteiger partial charge in [-0.25, -0.2) is 0 Å². The fourth-order valence-corrected chi connectivity index (χ4v) is 3.91. The van der Waals surface area contributed by atoms with Crippen molar-refractivity contribution in [1.82, 2.24) is 10.2 Å². The summed E-state index contributed by atoms with van der Waals surface area (Å²) in [5.74, 6) is 1.32. The number of hydrogen-bond acceptors (Lipinski definition) is 5. The molecule has 1 atom stereocenters. The van der Waals surface area contributed by atoms with Crippen LogP contribution in [0.1, 0.15) is 27.7 Å². The van der Waals surface area contributed by atoms with Gasteiger partial charge in [-0.3, -0.25) is 9.69 Å². The second-order valence-electron chi connectivity index (χ2n) is 7.27. The number of methoxy groups -OCH3 is 1. The summed E-state index contributed by atoms with van der Waals surface area (Å²) in [4.78, 5) is 16.0. The predicted molar refractivity (Wildman–Crippen MR) is 121 cm³/mol. The van der Waals surface area contributed by atoms with E-state index in [0.29, 0.717) is 17.9 Å². The molecule has 0 unspecified atom stereocenters. The van der Waals surface area contributed by atoms with Crippen molar-refractivity contribution in [3.63, 3.8) is 0 Å². The summed E-state index contributed by atoms with van der Waals surface area (Å²) in [6.07, 6.45) is -0.154. The maximum atomic E-state index is 12.3. The van der Waals surface area contributed by atoms with Gasteiger partial charge in [-0.05, 0) is 61.3 Å². The molecule has 1 N–H and O–H groups in total. The number of carbonyl (C=O) groups excluding carboxylic acids is 1. The van der Waals surface area contributed by atoms with E-state index < -0.39 is 0 Å². The van der Waals surface area contributed by atoms with Crippen LogP contribution < -0.4 is 14.8 Å². The number of nitrogens with zero attached hydrogens (tertiary/aromatic N) is 1. The molecule has 0 saturated carbocycles. The summed E-state index contributed by atoms with van der Waals surface area (Å²) >= 11 is 1.77. The lowest BCUT2D eigenvalue weighted by Crippen LogP contribution is -2.33. The van der Waals surface area contributed by atoms with Gasteiger partial charge in [0, 0.05) is 23.5 Å². The molecule has 1 heterocycles. The molecule has 1 amide bonds. The van der Waals surface area contributed by atoms with Gasteiger partial charge < -0.3 is 14.8 Å². The van der Waals surface area contributed by atoms with E-state index in [1.165, 1.54) is 10.4 Å². The van der Waals surface area contributed by atoms with Gasteiger partial charge in [0.25, 0.3) is 5.91 Å². The van der Waals surface area contributed by atoms with Gasteiger partial charge in [0.1, 0.15) is 17.6 Å². The molecular weight excluding hydrogens is 396 g/mol. The lowest BCUT2D eigenvalue weighted by molar-refractivity contribution is 0.0932. The number of nitrogens with one attached hydrogen (secondary N) is 1. The maximum absolute atomic E-state index is 12.3. The molecule has 0 saturated heterocycles. The number of benzene rings is 2. The summed E-state index contributed by atoms with van der Waals surface area (Å²) < 4.78 is 11.2. The molecule has 3 rings (SSSR count). The smallest absolute Gasteiger partial charge is 0.251 e. The third-order valence-corrected chi connectivity index (χ3v) is 5.44. The second-order valence-corrected chi connectivity index (χ2v) is 8.30. The van der Waals surface area contributed by atoms with E-state index in [4.69, 9.17) is 9.47 Å². The minimum Gasteiger partial charge on any atom is -0.497 e. The monoisotopic (exact) mass is 424 g/mol. The molecule has 2 aromatic carbocycles. The van der Waals surface area contributed by atoms with Crippen molar-refractivity contribution in [1.29, 1.82) is 0 Å². The zero-order valence-electron chi connectivity index (χ0n) is 17.6. The first-order valence-corrected chi connectivity index (χ1v) is 10.8. The lowest BCUT2D eigenvalue weighted by atomic mass is 10.2. The average Bonchev–Trinajstić information content (AvgIpc) is 3.25. The second kappa shape index (κ2) is 10.8. The zero-order chi connectivity index (χ0) is 21.3. The van der Waals surface area contributed by atoms with Crippen molar-refractivity contribution in [2.24, 2.45) is 0 Å². The summed E-state index contributed by atoms with van der Waals surface area (Å²) in [5, 5.41) is 5.02. The van der Waals surface area contributed by atoms with Gasteiger partial charge in [0.2, 0.25) is 0 Å². The molecule has 0 radical (unpaired) electrons. The lowest BCUT2D eigenvalue weighted by Gasteiger charge is -2.18. The highest BCUT2D eigenvalue weighted by Gasteiger charge is 2.11. The Morgan fingerprint density at radius 2 is 1.87 bits per heavy atom. The summed E-state index contributed by atoms with van der Waals surface area (Å²) in [7, 11) is 3.70. The maximum Gasteiger partial charge on any atom is 0.251 e. The van der Waals surface area contributed by atoms with Crippen molar-refractivity contribution in [2.45, 2.75) is 26.1 Å². The van der Waals surface area contributed by atoms with Crippen LogP contribution in [-0.4, -0.2) is 37.6 Å². The first-order chi connectivity index (χ1) is 14.5. The molecule has 30 heavy (non-hydrogen) atoms. The Bertz CT molecular complexity index is 943. The van der Waals surface area contributed by atoms with Crippen LogP contribution in [0.3, 0.4) is 0 Å². The van der Waals surface area contributed by atoms with Crippen LogP contribution in [0.4, 0.5) is 0 Å². The van der Waals surface area contributed by atoms with Crippen molar-refractivity contribution >= 4 is 17.2 Å². The van der Waals surface area contributed by atoms with E-state index in [1.807, 2.05) is 25.1 Å². The Labute approximate surface area is 182 Å². The minimum absolute atomic E-state index is 0.145. The van der Waals surface area contributed by atoms with Gasteiger partial charge in [-0.2, -0.15) is 0 Å². The SMILES string of the molecule is COc1cccc(C(=O)NC[C@H](C)Oc2cccc(CN(C)Cc3cccs3)c2)c1. The molecule has 0 fully saturated rings. The first kappa shape index (κ1) is 21.9. The van der Waals surface area contributed by atoms with Crippen molar-refractivity contribution in [2.75, 3.05) is 20.7 Å². The Balaban J connectivity index is 1.49. The molecule has 0 aliphatic heterocycles. The molecule has 0 aliphatic rings. The molecule has 1 aromatic heterocycles. The third-order valence-electron chi connectivity index (χ3n) is 4.58. The quantitative estimate of drug-likeness (QED) is 0.517. The molecular formula is C24H28N2O3S. The molecule has 158 valence electrons. The van der Waals surface area contributed by atoms with E-state index in [-0.39, 0.29) is 12.0 Å². The fraction of sp³-hybridized carbons (Fsp3) is 0.292. The van der Waals surface area contributed by atoms with Gasteiger partial charge >= 0.3 is 0 Å². The van der Waals surface area contributed by atoms with E-state index >= 15 is 0 Å². The standard InChI is InChI=1S/C24H28N2O3S/c1-18(15-25-24(27)20-8-5-9-21(14-20)28-3)29-22-10-4-7-19(13-22)16-26(2)17-23-11-6-12-30-23/h4-14,18H,15-17H2,1-3H3,(H,25,27)/t18-/m0/s1. The topological polar surface area (TPSA) is 50.8 Å².